The highest BCUT2D eigenvalue weighted by molar-refractivity contribution is 8.13. The number of thioether (sulfide) groups is 1. The van der Waals surface area contributed by atoms with Gasteiger partial charge in [0.25, 0.3) is 0 Å². The van der Waals surface area contributed by atoms with Crippen LogP contribution in [0.2, 0.25) is 0 Å². The normalized spacial score (nSPS) is 10.9. The highest BCUT2D eigenvalue weighted by Gasteiger charge is 2.06. The molecule has 0 aliphatic rings. The molecule has 0 fully saturated rings. The number of nitriles is 1. The fraction of sp³-hybridized carbons (Fsp3) is 0.0769. The molecule has 0 aliphatic heterocycles. The number of aromatic nitrogens is 2. The number of hydrogen-bond donors (Lipinski definition) is 1. The molecule has 0 saturated heterocycles. The Morgan fingerprint density at radius 3 is 2.70 bits per heavy atom. The third kappa shape index (κ3) is 3.98. The van der Waals surface area contributed by atoms with Gasteiger partial charge in [-0.15, -0.1) is 0 Å². The number of nitrogens with zero attached hydrogens (tertiary/aromatic N) is 4. The Bertz CT molecular complexity index is 637. The van der Waals surface area contributed by atoms with Gasteiger partial charge in [0.1, 0.15) is 0 Å². The molecule has 0 unspecified atom stereocenters. The van der Waals surface area contributed by atoms with Gasteiger partial charge in [0.05, 0.1) is 5.69 Å². The largest absolute Gasteiger partial charge is 0.271 e. The first kappa shape index (κ1) is 14.4. The summed E-state index contributed by atoms with van der Waals surface area (Å²) in [5, 5.41) is 12.4. The summed E-state index contributed by atoms with van der Waals surface area (Å²) in [5.41, 5.74) is 0.775. The Morgan fingerprint density at radius 2 is 2.00 bits per heavy atom. The number of aliphatic imine (C=N–C) groups is 1. The van der Waals surface area contributed by atoms with Gasteiger partial charge in [-0.2, -0.15) is 5.26 Å². The molecule has 1 aromatic carbocycles. The summed E-state index contributed by atoms with van der Waals surface area (Å²) < 4.78 is 0. The molecule has 0 amide bonds. The molecule has 1 N–H and O–H groups in total. The van der Waals surface area contributed by atoms with Crippen molar-refractivity contribution in [3.05, 3.63) is 42.7 Å². The molecule has 100 valence electrons. The first-order chi connectivity index (χ1) is 9.83. The van der Waals surface area contributed by atoms with E-state index in [-0.39, 0.29) is 0 Å². The molecule has 0 spiro atoms. The van der Waals surface area contributed by atoms with Crippen LogP contribution in [0.15, 0.2) is 57.8 Å². The number of rotatable bonds is 3. The average Bonchev–Trinajstić information content (AvgIpc) is 2.49. The first-order valence-electron chi connectivity index (χ1n) is 5.65. The Labute approximate surface area is 125 Å². The van der Waals surface area contributed by atoms with Crippen molar-refractivity contribution in [2.45, 2.75) is 10.1 Å². The highest BCUT2D eigenvalue weighted by Crippen LogP contribution is 2.33. The van der Waals surface area contributed by atoms with E-state index < -0.39 is 0 Å². The van der Waals surface area contributed by atoms with Crippen LogP contribution in [0.1, 0.15) is 0 Å². The number of hydrogen-bond acceptors (Lipinski definition) is 6. The zero-order chi connectivity index (χ0) is 14.2. The fourth-order valence-electron chi connectivity index (χ4n) is 1.35. The molecule has 0 radical (unpaired) electrons. The van der Waals surface area contributed by atoms with E-state index in [0.717, 1.165) is 10.6 Å². The van der Waals surface area contributed by atoms with Gasteiger partial charge in [-0.3, -0.25) is 5.32 Å². The van der Waals surface area contributed by atoms with Crippen molar-refractivity contribution in [1.29, 1.82) is 5.26 Å². The lowest BCUT2D eigenvalue weighted by Crippen LogP contribution is -2.12. The van der Waals surface area contributed by atoms with Gasteiger partial charge in [0.2, 0.25) is 0 Å². The van der Waals surface area contributed by atoms with Crippen LogP contribution in [0.3, 0.4) is 0 Å². The maximum absolute atomic E-state index is 8.67. The van der Waals surface area contributed by atoms with Crippen LogP contribution >= 0.6 is 23.5 Å². The molecule has 1 heterocycles. The van der Waals surface area contributed by atoms with E-state index >= 15 is 0 Å². The quantitative estimate of drug-likeness (QED) is 0.309. The van der Waals surface area contributed by atoms with Crippen LogP contribution in [0.25, 0.3) is 0 Å². The summed E-state index contributed by atoms with van der Waals surface area (Å²) in [5.74, 6) is 0. The summed E-state index contributed by atoms with van der Waals surface area (Å²) in [6.07, 6.45) is 7.14. The average molecular weight is 301 g/mol. The summed E-state index contributed by atoms with van der Waals surface area (Å²) >= 11 is 2.82. The van der Waals surface area contributed by atoms with Crippen molar-refractivity contribution >= 4 is 34.4 Å². The predicted octanol–water partition coefficient (Wildman–Crippen LogP) is 3.05. The molecule has 0 atom stereocenters. The third-order valence-electron chi connectivity index (χ3n) is 2.19. The van der Waals surface area contributed by atoms with Crippen molar-refractivity contribution in [2.75, 3.05) is 6.26 Å². The van der Waals surface area contributed by atoms with Crippen LogP contribution in [0.5, 0.6) is 0 Å². The van der Waals surface area contributed by atoms with Gasteiger partial charge >= 0.3 is 0 Å². The van der Waals surface area contributed by atoms with E-state index in [1.807, 2.05) is 36.7 Å². The maximum Gasteiger partial charge on any atom is 0.192 e. The van der Waals surface area contributed by atoms with E-state index in [1.54, 1.807) is 18.5 Å². The van der Waals surface area contributed by atoms with Crippen LogP contribution in [-0.4, -0.2) is 21.4 Å². The van der Waals surface area contributed by atoms with Crippen LogP contribution in [-0.2, 0) is 0 Å². The molecule has 2 aromatic rings. The Kier molecular flexibility index (Phi) is 5.41. The number of amidine groups is 1. The lowest BCUT2D eigenvalue weighted by atomic mass is 10.3. The highest BCUT2D eigenvalue weighted by atomic mass is 32.2. The van der Waals surface area contributed by atoms with Gasteiger partial charge in [-0.1, -0.05) is 23.9 Å². The van der Waals surface area contributed by atoms with Crippen molar-refractivity contribution in [3.63, 3.8) is 0 Å². The van der Waals surface area contributed by atoms with Crippen LogP contribution in [0, 0.1) is 11.5 Å². The number of nitrogens with one attached hydrogen (secondary N) is 1. The van der Waals surface area contributed by atoms with Crippen molar-refractivity contribution in [1.82, 2.24) is 15.3 Å². The number of benzene rings is 1. The minimum absolute atomic E-state index is 0.550. The van der Waals surface area contributed by atoms with Crippen LogP contribution in [0.4, 0.5) is 5.69 Å². The standard InChI is InChI=1S/C13H11N5S2/c1-19-13(17-9-14)18-10-5-2-3-6-11(10)20-12-15-7-4-8-16-12/h2-8H,1H3,(H,17,18). The lowest BCUT2D eigenvalue weighted by Gasteiger charge is -2.05. The second-order valence-corrected chi connectivity index (χ2v) is 5.26. The molecule has 0 bridgehead atoms. The minimum atomic E-state index is 0.550. The first-order valence-corrected chi connectivity index (χ1v) is 7.69. The zero-order valence-electron chi connectivity index (χ0n) is 10.6. The smallest absolute Gasteiger partial charge is 0.192 e. The van der Waals surface area contributed by atoms with E-state index in [0.29, 0.717) is 10.3 Å². The summed E-state index contributed by atoms with van der Waals surface area (Å²) in [7, 11) is 0. The van der Waals surface area contributed by atoms with Gasteiger partial charge in [0, 0.05) is 17.3 Å². The van der Waals surface area contributed by atoms with E-state index in [9.17, 15) is 0 Å². The lowest BCUT2D eigenvalue weighted by molar-refractivity contribution is 0.967. The molecule has 5 nitrogen and oxygen atoms in total. The van der Waals surface area contributed by atoms with Gasteiger partial charge in [0.15, 0.2) is 16.5 Å². The summed E-state index contributed by atoms with van der Waals surface area (Å²) in [4.78, 5) is 13.7. The van der Waals surface area contributed by atoms with Crippen molar-refractivity contribution < 1.29 is 0 Å². The topological polar surface area (TPSA) is 74.0 Å². The minimum Gasteiger partial charge on any atom is -0.271 e. The molecular formula is C13H11N5S2. The molecule has 1 aromatic heterocycles. The van der Waals surface area contributed by atoms with Gasteiger partial charge in [-0.25, -0.2) is 15.0 Å². The number of para-hydroxylation sites is 1. The van der Waals surface area contributed by atoms with E-state index in [2.05, 4.69) is 20.3 Å². The predicted molar refractivity (Wildman–Crippen MR) is 82.0 cm³/mol. The molecule has 20 heavy (non-hydrogen) atoms. The summed E-state index contributed by atoms with van der Waals surface area (Å²) in [6, 6.07) is 9.45. The van der Waals surface area contributed by atoms with Gasteiger partial charge < -0.3 is 0 Å². The second kappa shape index (κ2) is 7.53. The van der Waals surface area contributed by atoms with Crippen LogP contribution < -0.4 is 5.32 Å². The Balaban J connectivity index is 2.29. The van der Waals surface area contributed by atoms with Crippen molar-refractivity contribution in [2.24, 2.45) is 4.99 Å². The molecule has 0 aliphatic carbocycles. The monoisotopic (exact) mass is 301 g/mol. The third-order valence-corrected chi connectivity index (χ3v) is 3.73. The molecule has 2 rings (SSSR count). The Hall–Kier alpha value is -2.04. The summed E-state index contributed by atoms with van der Waals surface area (Å²) in [6.45, 7) is 0. The Morgan fingerprint density at radius 1 is 1.25 bits per heavy atom. The van der Waals surface area contributed by atoms with E-state index in [4.69, 9.17) is 5.26 Å². The van der Waals surface area contributed by atoms with E-state index in [1.165, 1.54) is 23.5 Å². The molecule has 7 heteroatoms. The molecule has 0 saturated carbocycles. The second-order valence-electron chi connectivity index (χ2n) is 3.46. The van der Waals surface area contributed by atoms with Gasteiger partial charge in [-0.05, 0) is 36.2 Å². The SMILES string of the molecule is CSC(=Nc1ccccc1Sc1ncccn1)NC#N. The van der Waals surface area contributed by atoms with Crippen molar-refractivity contribution in [3.8, 4) is 6.19 Å². The zero-order valence-corrected chi connectivity index (χ0v) is 12.3. The fourth-order valence-corrected chi connectivity index (χ4v) is 2.48. The maximum atomic E-state index is 8.67. The molecular weight excluding hydrogens is 290 g/mol.